The Morgan fingerprint density at radius 3 is 2.56 bits per heavy atom. The van der Waals surface area contributed by atoms with E-state index in [1.54, 1.807) is 0 Å². The van der Waals surface area contributed by atoms with Gasteiger partial charge in [0.2, 0.25) is 0 Å². The highest BCUT2D eigenvalue weighted by molar-refractivity contribution is 6.00. The van der Waals surface area contributed by atoms with Gasteiger partial charge in [0.15, 0.2) is 5.78 Å². The van der Waals surface area contributed by atoms with E-state index in [0.29, 0.717) is 5.78 Å². The number of benzene rings is 1. The van der Waals surface area contributed by atoms with Gasteiger partial charge >= 0.3 is 0 Å². The molecule has 1 nitrogen and oxygen atoms in total. The van der Waals surface area contributed by atoms with Crippen molar-refractivity contribution >= 4 is 5.78 Å². The van der Waals surface area contributed by atoms with Gasteiger partial charge < -0.3 is 0 Å². The zero-order valence-electron chi connectivity index (χ0n) is 10.5. The molecule has 0 bridgehead atoms. The van der Waals surface area contributed by atoms with Crippen LogP contribution in [0.5, 0.6) is 0 Å². The van der Waals surface area contributed by atoms with Crippen molar-refractivity contribution in [3.63, 3.8) is 0 Å². The van der Waals surface area contributed by atoms with Crippen LogP contribution in [0.25, 0.3) is 0 Å². The summed E-state index contributed by atoms with van der Waals surface area (Å²) in [7, 11) is 0. The fourth-order valence-electron chi connectivity index (χ4n) is 3.08. The van der Waals surface area contributed by atoms with Crippen LogP contribution in [0.15, 0.2) is 18.2 Å². The van der Waals surface area contributed by atoms with E-state index in [2.05, 4.69) is 39.0 Å². The third-order valence-corrected chi connectivity index (χ3v) is 4.31. The highest BCUT2D eigenvalue weighted by Gasteiger charge is 2.36. The van der Waals surface area contributed by atoms with Gasteiger partial charge in [-0.2, -0.15) is 0 Å². The van der Waals surface area contributed by atoms with Crippen molar-refractivity contribution in [2.45, 2.75) is 51.9 Å². The summed E-state index contributed by atoms with van der Waals surface area (Å²) in [5.41, 5.74) is 3.70. The Morgan fingerprint density at radius 2 is 1.94 bits per heavy atom. The first-order valence-electron chi connectivity index (χ1n) is 6.28. The quantitative estimate of drug-likeness (QED) is 0.729. The Balaban J connectivity index is 2.65. The highest BCUT2D eigenvalue weighted by atomic mass is 16.1. The molecular weight excluding hydrogens is 196 g/mol. The number of carbonyl (C=O) groups is 1. The fourth-order valence-corrected chi connectivity index (χ4v) is 3.08. The second-order valence-corrected chi connectivity index (χ2v) is 4.91. The van der Waals surface area contributed by atoms with Gasteiger partial charge in [0, 0.05) is 12.0 Å². The van der Waals surface area contributed by atoms with Crippen molar-refractivity contribution in [1.29, 1.82) is 0 Å². The molecule has 2 rings (SSSR count). The van der Waals surface area contributed by atoms with Crippen molar-refractivity contribution < 1.29 is 4.79 Å². The summed E-state index contributed by atoms with van der Waals surface area (Å²) >= 11 is 0. The van der Waals surface area contributed by atoms with E-state index in [1.165, 1.54) is 5.56 Å². The van der Waals surface area contributed by atoms with Crippen molar-refractivity contribution in [3.05, 3.63) is 34.9 Å². The van der Waals surface area contributed by atoms with Crippen molar-refractivity contribution in [2.75, 3.05) is 0 Å². The summed E-state index contributed by atoms with van der Waals surface area (Å²) in [6, 6.07) is 6.30. The van der Waals surface area contributed by atoms with Gasteiger partial charge in [-0.05, 0) is 42.7 Å². The molecule has 1 heteroatoms. The lowest BCUT2D eigenvalue weighted by atomic mass is 9.66. The Morgan fingerprint density at radius 1 is 1.25 bits per heavy atom. The first-order chi connectivity index (χ1) is 7.64. The standard InChI is InChI=1S/C15H20O/c1-4-15(5-2)10-9-13(16)14-11(3)7-6-8-12(14)15/h6-8H,4-5,9-10H2,1-3H3. The van der Waals surface area contributed by atoms with Crippen LogP contribution in [-0.2, 0) is 5.41 Å². The Kier molecular flexibility index (Phi) is 2.88. The first kappa shape index (κ1) is 11.4. The van der Waals surface area contributed by atoms with Crippen molar-refractivity contribution in [1.82, 2.24) is 0 Å². The van der Waals surface area contributed by atoms with E-state index in [0.717, 1.165) is 36.8 Å². The lowest BCUT2D eigenvalue weighted by molar-refractivity contribution is 0.0947. The van der Waals surface area contributed by atoms with Crippen LogP contribution >= 0.6 is 0 Å². The van der Waals surface area contributed by atoms with Crippen molar-refractivity contribution in [2.24, 2.45) is 0 Å². The largest absolute Gasteiger partial charge is 0.294 e. The molecule has 86 valence electrons. The van der Waals surface area contributed by atoms with E-state index < -0.39 is 0 Å². The molecule has 0 heterocycles. The Labute approximate surface area is 97.9 Å². The normalized spacial score (nSPS) is 18.3. The molecule has 0 N–H and O–H groups in total. The second kappa shape index (κ2) is 4.04. The molecule has 0 amide bonds. The minimum absolute atomic E-state index is 0.245. The number of aryl methyl sites for hydroxylation is 1. The zero-order valence-corrected chi connectivity index (χ0v) is 10.5. The van der Waals surface area contributed by atoms with E-state index in [9.17, 15) is 4.79 Å². The third kappa shape index (κ3) is 1.50. The summed E-state index contributed by atoms with van der Waals surface area (Å²) < 4.78 is 0. The van der Waals surface area contributed by atoms with Gasteiger partial charge in [-0.3, -0.25) is 4.79 Å². The van der Waals surface area contributed by atoms with E-state index in [4.69, 9.17) is 0 Å². The van der Waals surface area contributed by atoms with Gasteiger partial charge in [0.05, 0.1) is 0 Å². The number of fused-ring (bicyclic) bond motifs is 1. The smallest absolute Gasteiger partial charge is 0.163 e. The van der Waals surface area contributed by atoms with E-state index in [1.807, 2.05) is 0 Å². The predicted octanol–water partition coefficient (Wildman–Crippen LogP) is 4.03. The van der Waals surface area contributed by atoms with Gasteiger partial charge in [0.25, 0.3) is 0 Å². The monoisotopic (exact) mass is 216 g/mol. The molecule has 1 aromatic carbocycles. The minimum atomic E-state index is 0.245. The molecule has 16 heavy (non-hydrogen) atoms. The van der Waals surface area contributed by atoms with Crippen molar-refractivity contribution in [3.8, 4) is 0 Å². The summed E-state index contributed by atoms with van der Waals surface area (Å²) in [6.07, 6.45) is 4.01. The van der Waals surface area contributed by atoms with Gasteiger partial charge in [-0.25, -0.2) is 0 Å². The molecule has 0 aliphatic heterocycles. The number of hydrogen-bond donors (Lipinski definition) is 0. The average Bonchev–Trinajstić information content (AvgIpc) is 2.31. The number of carbonyl (C=O) groups excluding carboxylic acids is 1. The highest BCUT2D eigenvalue weighted by Crippen LogP contribution is 2.43. The number of ketones is 1. The third-order valence-electron chi connectivity index (χ3n) is 4.31. The summed E-state index contributed by atoms with van der Waals surface area (Å²) in [5.74, 6) is 0.339. The van der Waals surface area contributed by atoms with Crippen LogP contribution in [0, 0.1) is 6.92 Å². The molecule has 0 unspecified atom stereocenters. The molecule has 0 saturated heterocycles. The maximum Gasteiger partial charge on any atom is 0.163 e. The topological polar surface area (TPSA) is 17.1 Å². The molecule has 0 saturated carbocycles. The molecule has 0 radical (unpaired) electrons. The average molecular weight is 216 g/mol. The van der Waals surface area contributed by atoms with Gasteiger partial charge in [-0.1, -0.05) is 32.0 Å². The molecule has 1 aliphatic rings. The van der Waals surface area contributed by atoms with E-state index >= 15 is 0 Å². The summed E-state index contributed by atoms with van der Waals surface area (Å²) in [4.78, 5) is 12.0. The molecule has 0 aromatic heterocycles. The van der Waals surface area contributed by atoms with Crippen LogP contribution in [0.4, 0.5) is 0 Å². The van der Waals surface area contributed by atoms with Crippen LogP contribution < -0.4 is 0 Å². The van der Waals surface area contributed by atoms with E-state index in [-0.39, 0.29) is 5.41 Å². The first-order valence-corrected chi connectivity index (χ1v) is 6.28. The molecule has 0 spiro atoms. The van der Waals surface area contributed by atoms with Crippen LogP contribution in [0.2, 0.25) is 0 Å². The molecule has 0 fully saturated rings. The number of Topliss-reactive ketones (excluding diaryl/α,β-unsaturated/α-hetero) is 1. The maximum atomic E-state index is 12.0. The zero-order chi connectivity index (χ0) is 11.8. The minimum Gasteiger partial charge on any atom is -0.294 e. The second-order valence-electron chi connectivity index (χ2n) is 4.91. The Hall–Kier alpha value is -1.11. The molecular formula is C15H20O. The lowest BCUT2D eigenvalue weighted by Gasteiger charge is -2.38. The summed E-state index contributed by atoms with van der Waals surface area (Å²) in [5, 5.41) is 0. The van der Waals surface area contributed by atoms with Crippen LogP contribution in [0.1, 0.15) is 61.0 Å². The van der Waals surface area contributed by atoms with Gasteiger partial charge in [0.1, 0.15) is 0 Å². The maximum absolute atomic E-state index is 12.0. The van der Waals surface area contributed by atoms with Crippen LogP contribution in [-0.4, -0.2) is 5.78 Å². The molecule has 1 aromatic rings. The predicted molar refractivity (Wildman–Crippen MR) is 67.0 cm³/mol. The van der Waals surface area contributed by atoms with Gasteiger partial charge in [-0.15, -0.1) is 0 Å². The molecule has 1 aliphatic carbocycles. The number of hydrogen-bond acceptors (Lipinski definition) is 1. The lowest BCUT2D eigenvalue weighted by Crippen LogP contribution is -2.32. The Bertz CT molecular complexity index is 413. The fraction of sp³-hybridized carbons (Fsp3) is 0.533. The SMILES string of the molecule is CCC1(CC)CCC(=O)c2c(C)cccc21. The number of rotatable bonds is 2. The molecule has 0 atom stereocenters. The summed E-state index contributed by atoms with van der Waals surface area (Å²) in [6.45, 7) is 6.54. The van der Waals surface area contributed by atoms with Crippen LogP contribution in [0.3, 0.4) is 0 Å².